The molecular formula is C16H25N. The molecule has 1 aromatic rings. The van der Waals surface area contributed by atoms with Gasteiger partial charge in [-0.25, -0.2) is 0 Å². The molecule has 1 aliphatic heterocycles. The van der Waals surface area contributed by atoms with Gasteiger partial charge in [-0.05, 0) is 36.3 Å². The summed E-state index contributed by atoms with van der Waals surface area (Å²) in [4.78, 5) is 0. The van der Waals surface area contributed by atoms with Crippen molar-refractivity contribution in [3.63, 3.8) is 0 Å². The van der Waals surface area contributed by atoms with Gasteiger partial charge in [-0.3, -0.25) is 0 Å². The zero-order valence-corrected chi connectivity index (χ0v) is 11.6. The van der Waals surface area contributed by atoms with E-state index in [-0.39, 0.29) is 5.54 Å². The first-order valence-electron chi connectivity index (χ1n) is 6.93. The molecule has 0 saturated carbocycles. The molecule has 94 valence electrons. The van der Waals surface area contributed by atoms with E-state index in [1.54, 1.807) is 0 Å². The first-order valence-corrected chi connectivity index (χ1v) is 6.93. The SMILES string of the molecule is CCC(C)CC1(C(C)C)Cc2ccccc2N1. The Morgan fingerprint density at radius 2 is 1.94 bits per heavy atom. The average Bonchev–Trinajstić information content (AvgIpc) is 2.68. The quantitative estimate of drug-likeness (QED) is 0.805. The molecule has 0 bridgehead atoms. The third-order valence-electron chi connectivity index (χ3n) is 4.42. The number of anilines is 1. The van der Waals surface area contributed by atoms with Crippen molar-refractivity contribution < 1.29 is 0 Å². The lowest BCUT2D eigenvalue weighted by atomic mass is 9.77. The Hall–Kier alpha value is -0.980. The van der Waals surface area contributed by atoms with Crippen molar-refractivity contribution in [3.8, 4) is 0 Å². The molecule has 0 radical (unpaired) electrons. The van der Waals surface area contributed by atoms with E-state index in [1.807, 2.05) is 0 Å². The summed E-state index contributed by atoms with van der Waals surface area (Å²) in [6.45, 7) is 9.36. The molecule has 1 heterocycles. The summed E-state index contributed by atoms with van der Waals surface area (Å²) in [7, 11) is 0. The van der Waals surface area contributed by atoms with Gasteiger partial charge in [0.1, 0.15) is 0 Å². The van der Waals surface area contributed by atoms with Crippen LogP contribution >= 0.6 is 0 Å². The standard InChI is InChI=1S/C16H25N/c1-5-13(4)10-16(12(2)3)11-14-8-6-7-9-15(14)17-16/h6-9,12-13,17H,5,10-11H2,1-4H3. The fraction of sp³-hybridized carbons (Fsp3) is 0.625. The summed E-state index contributed by atoms with van der Waals surface area (Å²) in [5.74, 6) is 1.46. The summed E-state index contributed by atoms with van der Waals surface area (Å²) in [6, 6.07) is 8.77. The summed E-state index contributed by atoms with van der Waals surface area (Å²) in [6.07, 6.45) is 3.73. The summed E-state index contributed by atoms with van der Waals surface area (Å²) >= 11 is 0. The molecule has 2 unspecified atom stereocenters. The molecule has 17 heavy (non-hydrogen) atoms. The average molecular weight is 231 g/mol. The summed E-state index contributed by atoms with van der Waals surface area (Å²) in [5, 5.41) is 3.81. The van der Waals surface area contributed by atoms with Crippen molar-refractivity contribution in [1.29, 1.82) is 0 Å². The van der Waals surface area contributed by atoms with Crippen LogP contribution in [0, 0.1) is 11.8 Å². The molecule has 0 amide bonds. The molecule has 0 aromatic heterocycles. The monoisotopic (exact) mass is 231 g/mol. The minimum absolute atomic E-state index is 0.277. The van der Waals surface area contributed by atoms with Crippen molar-refractivity contribution in [2.45, 2.75) is 52.5 Å². The van der Waals surface area contributed by atoms with Crippen molar-refractivity contribution in [2.75, 3.05) is 5.32 Å². The van der Waals surface area contributed by atoms with E-state index in [1.165, 1.54) is 30.5 Å². The van der Waals surface area contributed by atoms with Gasteiger partial charge < -0.3 is 5.32 Å². The maximum atomic E-state index is 3.81. The van der Waals surface area contributed by atoms with Crippen LogP contribution < -0.4 is 5.32 Å². The molecule has 1 N–H and O–H groups in total. The van der Waals surface area contributed by atoms with Crippen LogP contribution in [0.15, 0.2) is 24.3 Å². The first-order chi connectivity index (χ1) is 8.07. The predicted octanol–water partition coefficient (Wildman–Crippen LogP) is 4.49. The highest BCUT2D eigenvalue weighted by Gasteiger charge is 2.39. The van der Waals surface area contributed by atoms with Crippen LogP contribution in [0.5, 0.6) is 0 Å². The molecule has 0 spiro atoms. The van der Waals surface area contributed by atoms with E-state index in [0.29, 0.717) is 5.92 Å². The lowest BCUT2D eigenvalue weighted by Gasteiger charge is -2.36. The largest absolute Gasteiger partial charge is 0.379 e. The van der Waals surface area contributed by atoms with E-state index in [4.69, 9.17) is 0 Å². The van der Waals surface area contributed by atoms with Crippen molar-refractivity contribution in [2.24, 2.45) is 11.8 Å². The topological polar surface area (TPSA) is 12.0 Å². The van der Waals surface area contributed by atoms with Gasteiger partial charge in [-0.15, -0.1) is 0 Å². The maximum Gasteiger partial charge on any atom is 0.0440 e. The number of hydrogen-bond donors (Lipinski definition) is 1. The number of benzene rings is 1. The highest BCUT2D eigenvalue weighted by Crippen LogP contribution is 2.41. The molecule has 0 saturated heterocycles. The third-order valence-corrected chi connectivity index (χ3v) is 4.42. The summed E-state index contributed by atoms with van der Waals surface area (Å²) < 4.78 is 0. The van der Waals surface area contributed by atoms with Gasteiger partial charge >= 0.3 is 0 Å². The highest BCUT2D eigenvalue weighted by molar-refractivity contribution is 5.59. The van der Waals surface area contributed by atoms with Gasteiger partial charge in [0, 0.05) is 11.2 Å². The van der Waals surface area contributed by atoms with Gasteiger partial charge in [-0.1, -0.05) is 52.3 Å². The molecule has 1 nitrogen and oxygen atoms in total. The molecule has 2 rings (SSSR count). The van der Waals surface area contributed by atoms with Gasteiger partial charge in [-0.2, -0.15) is 0 Å². The van der Waals surface area contributed by atoms with Gasteiger partial charge in [0.25, 0.3) is 0 Å². The van der Waals surface area contributed by atoms with E-state index >= 15 is 0 Å². The van der Waals surface area contributed by atoms with Crippen molar-refractivity contribution in [1.82, 2.24) is 0 Å². The Bertz CT molecular complexity index is 356. The van der Waals surface area contributed by atoms with Crippen LogP contribution in [0.25, 0.3) is 0 Å². The second kappa shape index (κ2) is 4.72. The first kappa shape index (κ1) is 12.5. The van der Waals surface area contributed by atoms with Crippen LogP contribution in [0.3, 0.4) is 0 Å². The Morgan fingerprint density at radius 3 is 2.53 bits per heavy atom. The van der Waals surface area contributed by atoms with Gasteiger partial charge in [0.05, 0.1) is 0 Å². The van der Waals surface area contributed by atoms with Crippen LogP contribution in [-0.2, 0) is 6.42 Å². The van der Waals surface area contributed by atoms with Crippen molar-refractivity contribution in [3.05, 3.63) is 29.8 Å². The Labute approximate surface area is 106 Å². The van der Waals surface area contributed by atoms with E-state index in [0.717, 1.165) is 5.92 Å². The molecule has 2 atom stereocenters. The molecular weight excluding hydrogens is 206 g/mol. The number of nitrogens with one attached hydrogen (secondary N) is 1. The maximum absolute atomic E-state index is 3.81. The minimum atomic E-state index is 0.277. The predicted molar refractivity (Wildman–Crippen MR) is 75.4 cm³/mol. The molecule has 0 aliphatic carbocycles. The second-order valence-electron chi connectivity index (χ2n) is 5.99. The van der Waals surface area contributed by atoms with Crippen LogP contribution in [-0.4, -0.2) is 5.54 Å². The smallest absolute Gasteiger partial charge is 0.0440 e. The van der Waals surface area contributed by atoms with Crippen molar-refractivity contribution >= 4 is 5.69 Å². The molecule has 0 fully saturated rings. The third kappa shape index (κ3) is 2.34. The van der Waals surface area contributed by atoms with Gasteiger partial charge in [0.15, 0.2) is 0 Å². The zero-order chi connectivity index (χ0) is 12.5. The Balaban J connectivity index is 2.23. The van der Waals surface area contributed by atoms with E-state index in [9.17, 15) is 0 Å². The van der Waals surface area contributed by atoms with Crippen LogP contribution in [0.4, 0.5) is 5.69 Å². The number of hydrogen-bond acceptors (Lipinski definition) is 1. The fourth-order valence-corrected chi connectivity index (χ4v) is 2.92. The number of fused-ring (bicyclic) bond motifs is 1. The molecule has 1 aliphatic rings. The highest BCUT2D eigenvalue weighted by atomic mass is 15.0. The van der Waals surface area contributed by atoms with Gasteiger partial charge in [0.2, 0.25) is 0 Å². The Kier molecular flexibility index (Phi) is 3.46. The minimum Gasteiger partial charge on any atom is -0.379 e. The molecule has 1 heteroatoms. The number of rotatable bonds is 4. The second-order valence-corrected chi connectivity index (χ2v) is 5.99. The van der Waals surface area contributed by atoms with E-state index in [2.05, 4.69) is 57.3 Å². The lowest BCUT2D eigenvalue weighted by Crippen LogP contribution is -2.43. The fourth-order valence-electron chi connectivity index (χ4n) is 2.92. The molecule has 1 aromatic carbocycles. The van der Waals surface area contributed by atoms with Crippen LogP contribution in [0.1, 0.15) is 46.1 Å². The zero-order valence-electron chi connectivity index (χ0n) is 11.6. The normalized spacial score (nSPS) is 24.5. The van der Waals surface area contributed by atoms with E-state index < -0.39 is 0 Å². The summed E-state index contributed by atoms with van der Waals surface area (Å²) in [5.41, 5.74) is 3.12. The Morgan fingerprint density at radius 1 is 1.24 bits per heavy atom. The van der Waals surface area contributed by atoms with Crippen LogP contribution in [0.2, 0.25) is 0 Å². The number of para-hydroxylation sites is 1. The lowest BCUT2D eigenvalue weighted by molar-refractivity contribution is 0.279.